The number of rotatable bonds is 4. The fourth-order valence-electron chi connectivity index (χ4n) is 2.42. The van der Waals surface area contributed by atoms with E-state index in [1.54, 1.807) is 12.4 Å². The van der Waals surface area contributed by atoms with E-state index < -0.39 is 0 Å². The first-order valence-electron chi connectivity index (χ1n) is 7.30. The van der Waals surface area contributed by atoms with Crippen LogP contribution in [0.2, 0.25) is 0 Å². The second-order valence-corrected chi connectivity index (χ2v) is 5.25. The lowest BCUT2D eigenvalue weighted by Crippen LogP contribution is -2.10. The zero-order chi connectivity index (χ0) is 15.5. The van der Waals surface area contributed by atoms with Crippen molar-refractivity contribution in [1.29, 1.82) is 0 Å². The van der Waals surface area contributed by atoms with Gasteiger partial charge in [-0.3, -0.25) is 4.79 Å². The topological polar surface area (TPSA) is 83.8 Å². The molecule has 22 heavy (non-hydrogen) atoms. The van der Waals surface area contributed by atoms with Gasteiger partial charge in [0.1, 0.15) is 5.65 Å². The molecule has 112 valence electrons. The first-order valence-corrected chi connectivity index (χ1v) is 7.30. The minimum atomic E-state index is 0.0118. The van der Waals surface area contributed by atoms with Gasteiger partial charge in [-0.2, -0.15) is 0 Å². The standard InChI is InChI=1S/C17H18N4O/c1-2-4-16(22)21-15-10-20-17-14(15)8-12(9-19-17)11-5-3-6-13(18)7-11/h3,5-10H,2,4,18H2,1H3,(H,19,20)(H,21,22). The van der Waals surface area contributed by atoms with Gasteiger partial charge >= 0.3 is 0 Å². The highest BCUT2D eigenvalue weighted by atomic mass is 16.1. The van der Waals surface area contributed by atoms with E-state index in [2.05, 4.69) is 15.3 Å². The highest BCUT2D eigenvalue weighted by Gasteiger charge is 2.09. The maximum absolute atomic E-state index is 11.8. The molecule has 0 aliphatic carbocycles. The van der Waals surface area contributed by atoms with E-state index in [1.165, 1.54) is 0 Å². The van der Waals surface area contributed by atoms with Gasteiger partial charge in [-0.1, -0.05) is 19.1 Å². The molecule has 0 saturated carbocycles. The van der Waals surface area contributed by atoms with Crippen LogP contribution in [0.25, 0.3) is 22.2 Å². The van der Waals surface area contributed by atoms with Gasteiger partial charge < -0.3 is 16.0 Å². The van der Waals surface area contributed by atoms with Gasteiger partial charge in [-0.25, -0.2) is 4.98 Å². The minimum Gasteiger partial charge on any atom is -0.399 e. The van der Waals surface area contributed by atoms with Crippen LogP contribution in [0.1, 0.15) is 19.8 Å². The average Bonchev–Trinajstić information content (AvgIpc) is 2.90. The molecule has 3 aromatic rings. The van der Waals surface area contributed by atoms with Crippen LogP contribution in [0, 0.1) is 0 Å². The quantitative estimate of drug-likeness (QED) is 0.643. The van der Waals surface area contributed by atoms with Crippen LogP contribution in [0.3, 0.4) is 0 Å². The number of fused-ring (bicyclic) bond motifs is 1. The number of aromatic amines is 1. The van der Waals surface area contributed by atoms with Crippen LogP contribution >= 0.6 is 0 Å². The molecule has 0 spiro atoms. The number of nitrogens with zero attached hydrogens (tertiary/aromatic N) is 1. The van der Waals surface area contributed by atoms with Crippen molar-refractivity contribution in [3.63, 3.8) is 0 Å². The fraction of sp³-hybridized carbons (Fsp3) is 0.176. The number of nitrogens with two attached hydrogens (primary N) is 1. The molecule has 0 aliphatic heterocycles. The Morgan fingerprint density at radius 1 is 1.32 bits per heavy atom. The summed E-state index contributed by atoms with van der Waals surface area (Å²) in [5.41, 5.74) is 10.0. The molecule has 2 heterocycles. The van der Waals surface area contributed by atoms with Crippen LogP contribution in [0.15, 0.2) is 42.7 Å². The summed E-state index contributed by atoms with van der Waals surface area (Å²) < 4.78 is 0. The Kier molecular flexibility index (Phi) is 3.78. The number of carbonyl (C=O) groups excluding carboxylic acids is 1. The normalized spacial score (nSPS) is 10.8. The van der Waals surface area contributed by atoms with Crippen molar-refractivity contribution >= 4 is 28.3 Å². The Balaban J connectivity index is 1.99. The summed E-state index contributed by atoms with van der Waals surface area (Å²) in [5.74, 6) is 0.0118. The minimum absolute atomic E-state index is 0.0118. The van der Waals surface area contributed by atoms with E-state index in [-0.39, 0.29) is 5.91 Å². The van der Waals surface area contributed by atoms with Crippen molar-refractivity contribution in [2.75, 3.05) is 11.1 Å². The maximum atomic E-state index is 11.8. The van der Waals surface area contributed by atoms with Crippen molar-refractivity contribution in [3.8, 4) is 11.1 Å². The average molecular weight is 294 g/mol. The van der Waals surface area contributed by atoms with Crippen LogP contribution in [-0.2, 0) is 4.79 Å². The van der Waals surface area contributed by atoms with Crippen LogP contribution in [0.5, 0.6) is 0 Å². The molecule has 2 aromatic heterocycles. The summed E-state index contributed by atoms with van der Waals surface area (Å²) in [5, 5.41) is 3.81. The summed E-state index contributed by atoms with van der Waals surface area (Å²) in [6.07, 6.45) is 4.90. The summed E-state index contributed by atoms with van der Waals surface area (Å²) >= 11 is 0. The first-order chi connectivity index (χ1) is 10.7. The molecule has 0 radical (unpaired) electrons. The number of anilines is 2. The molecule has 0 atom stereocenters. The van der Waals surface area contributed by atoms with Gasteiger partial charge in [0.05, 0.1) is 5.69 Å². The monoisotopic (exact) mass is 294 g/mol. The number of amides is 1. The third-order valence-electron chi connectivity index (χ3n) is 3.50. The summed E-state index contributed by atoms with van der Waals surface area (Å²) in [6.45, 7) is 1.98. The van der Waals surface area contributed by atoms with E-state index in [4.69, 9.17) is 5.73 Å². The van der Waals surface area contributed by atoms with Crippen LogP contribution in [-0.4, -0.2) is 15.9 Å². The Hall–Kier alpha value is -2.82. The van der Waals surface area contributed by atoms with Gasteiger partial charge in [0.25, 0.3) is 0 Å². The van der Waals surface area contributed by atoms with Gasteiger partial charge in [-0.15, -0.1) is 0 Å². The van der Waals surface area contributed by atoms with Gasteiger partial charge in [-0.05, 0) is 30.2 Å². The molecular formula is C17H18N4O. The predicted octanol–water partition coefficient (Wildman–Crippen LogP) is 3.55. The van der Waals surface area contributed by atoms with Crippen molar-refractivity contribution in [3.05, 3.63) is 42.7 Å². The molecular weight excluding hydrogens is 276 g/mol. The largest absolute Gasteiger partial charge is 0.399 e. The van der Waals surface area contributed by atoms with Crippen molar-refractivity contribution in [1.82, 2.24) is 9.97 Å². The van der Waals surface area contributed by atoms with Crippen molar-refractivity contribution in [2.45, 2.75) is 19.8 Å². The van der Waals surface area contributed by atoms with Crippen molar-refractivity contribution < 1.29 is 4.79 Å². The van der Waals surface area contributed by atoms with E-state index in [0.717, 1.165) is 34.3 Å². The van der Waals surface area contributed by atoms with Gasteiger partial charge in [0, 0.05) is 35.5 Å². The van der Waals surface area contributed by atoms with E-state index >= 15 is 0 Å². The lowest BCUT2D eigenvalue weighted by molar-refractivity contribution is -0.116. The lowest BCUT2D eigenvalue weighted by atomic mass is 10.1. The summed E-state index contributed by atoms with van der Waals surface area (Å²) in [6, 6.07) is 9.67. The SMILES string of the molecule is CCCC(=O)Nc1c[nH]c2ncc(-c3cccc(N)c3)cc12. The molecule has 4 N–H and O–H groups in total. The zero-order valence-electron chi connectivity index (χ0n) is 12.4. The number of hydrogen-bond acceptors (Lipinski definition) is 3. The van der Waals surface area contributed by atoms with E-state index in [1.807, 2.05) is 37.3 Å². The molecule has 3 rings (SSSR count). The fourth-order valence-corrected chi connectivity index (χ4v) is 2.42. The van der Waals surface area contributed by atoms with Crippen LogP contribution in [0.4, 0.5) is 11.4 Å². The van der Waals surface area contributed by atoms with Gasteiger partial charge in [0.2, 0.25) is 5.91 Å². The number of H-pyrrole nitrogens is 1. The third-order valence-corrected chi connectivity index (χ3v) is 3.50. The maximum Gasteiger partial charge on any atom is 0.224 e. The molecule has 1 amide bonds. The summed E-state index contributed by atoms with van der Waals surface area (Å²) in [4.78, 5) is 19.3. The number of nitrogens with one attached hydrogen (secondary N) is 2. The third kappa shape index (κ3) is 2.79. The van der Waals surface area contributed by atoms with E-state index in [9.17, 15) is 4.79 Å². The molecule has 5 nitrogen and oxygen atoms in total. The van der Waals surface area contributed by atoms with Crippen molar-refractivity contribution in [2.24, 2.45) is 0 Å². The molecule has 0 fully saturated rings. The number of nitrogen functional groups attached to an aromatic ring is 1. The lowest BCUT2D eigenvalue weighted by Gasteiger charge is -2.05. The number of aromatic nitrogens is 2. The number of pyridine rings is 1. The Morgan fingerprint density at radius 2 is 2.18 bits per heavy atom. The highest BCUT2D eigenvalue weighted by molar-refractivity contribution is 6.01. The number of hydrogen-bond donors (Lipinski definition) is 3. The Bertz CT molecular complexity index is 822. The molecule has 0 unspecified atom stereocenters. The van der Waals surface area contributed by atoms with E-state index in [0.29, 0.717) is 12.1 Å². The number of benzene rings is 1. The summed E-state index contributed by atoms with van der Waals surface area (Å²) in [7, 11) is 0. The highest BCUT2D eigenvalue weighted by Crippen LogP contribution is 2.28. The van der Waals surface area contributed by atoms with Gasteiger partial charge in [0.15, 0.2) is 0 Å². The van der Waals surface area contributed by atoms with Crippen LogP contribution < -0.4 is 11.1 Å². The smallest absolute Gasteiger partial charge is 0.224 e. The molecule has 5 heteroatoms. The second kappa shape index (κ2) is 5.89. The Morgan fingerprint density at radius 3 is 2.95 bits per heavy atom. The predicted molar refractivity (Wildman–Crippen MR) is 89.5 cm³/mol. The molecule has 0 aliphatic rings. The second-order valence-electron chi connectivity index (χ2n) is 5.25. The Labute approximate surface area is 128 Å². The zero-order valence-corrected chi connectivity index (χ0v) is 12.4. The first kappa shape index (κ1) is 14.1. The number of carbonyl (C=O) groups is 1. The molecule has 0 saturated heterocycles. The molecule has 0 bridgehead atoms. The molecule has 1 aromatic carbocycles.